The third-order valence-corrected chi connectivity index (χ3v) is 0. The van der Waals surface area contributed by atoms with Crippen LogP contribution in [-0.2, 0) is 0 Å². The molecule has 0 aliphatic heterocycles. The number of hydrogen-bond donors (Lipinski definition) is 0. The van der Waals surface area contributed by atoms with Gasteiger partial charge in [-0.1, -0.05) is 0 Å². The summed E-state index contributed by atoms with van der Waals surface area (Å²) in [6.07, 6.45) is 0. The van der Waals surface area contributed by atoms with Crippen LogP contribution in [0.15, 0.2) is 0 Å². The van der Waals surface area contributed by atoms with Crippen LogP contribution in [0.1, 0.15) is 0 Å². The van der Waals surface area contributed by atoms with Gasteiger partial charge in [0, 0.05) is 0 Å². The van der Waals surface area contributed by atoms with Crippen molar-refractivity contribution in [2.24, 2.45) is 0 Å². The summed E-state index contributed by atoms with van der Waals surface area (Å²) in [7, 11) is 0. The molecular formula is H2F3LuSr. The Morgan fingerprint density at radius 3 is 1.00 bits per heavy atom. The molecule has 0 spiro atoms. The van der Waals surface area contributed by atoms with E-state index >= 15 is 0 Å². The zero-order valence-corrected chi connectivity index (χ0v) is 3.05. The van der Waals surface area contributed by atoms with Crippen molar-refractivity contribution >= 4 is 45.5 Å². The van der Waals surface area contributed by atoms with Crippen molar-refractivity contribution < 1.29 is 37.8 Å². The predicted molar refractivity (Wildman–Crippen MR) is 11.9 cm³/mol. The van der Waals surface area contributed by atoms with E-state index in [0.717, 1.165) is 0 Å². The first kappa shape index (κ1) is 10.5. The Morgan fingerprint density at radius 1 is 1.00 bits per heavy atom. The average Bonchev–Trinajstić information content (AvgIpc) is 0.811. The number of rotatable bonds is 0. The number of halogens is 3. The summed E-state index contributed by atoms with van der Waals surface area (Å²) in [6, 6.07) is 0. The molecule has 0 atom stereocenters. The molecule has 0 saturated carbocycles. The Bertz CT molecular complexity index is 11.6. The molecule has 0 aliphatic carbocycles. The summed E-state index contributed by atoms with van der Waals surface area (Å²) in [5.74, 6) is 0. The van der Waals surface area contributed by atoms with Crippen molar-refractivity contribution in [3.63, 3.8) is 0 Å². The van der Waals surface area contributed by atoms with Crippen molar-refractivity contribution in [1.29, 1.82) is 0 Å². The van der Waals surface area contributed by atoms with Gasteiger partial charge >= 0.3 is 83.3 Å². The van der Waals surface area contributed by atoms with Crippen molar-refractivity contribution in [2.75, 3.05) is 0 Å². The van der Waals surface area contributed by atoms with Crippen LogP contribution >= 0.6 is 0 Å². The maximum absolute atomic E-state index is 9.78. The van der Waals surface area contributed by atoms with Gasteiger partial charge in [0.1, 0.15) is 0 Å². The van der Waals surface area contributed by atoms with Crippen LogP contribution in [0, 0.1) is 33.4 Å². The summed E-state index contributed by atoms with van der Waals surface area (Å²) in [5, 5.41) is 0. The van der Waals surface area contributed by atoms with Crippen molar-refractivity contribution in [1.82, 2.24) is 0 Å². The molecule has 0 heterocycles. The molecule has 0 fully saturated rings. The fraction of sp³-hybridized carbons (Fsp3) is 0. The van der Waals surface area contributed by atoms with Gasteiger partial charge in [0.15, 0.2) is 0 Å². The molecule has 0 saturated heterocycles. The second kappa shape index (κ2) is 6.50. The standard InChI is InChI=1S/3FH.Lu.Sr.2H/h3*1H;;;;/q;;;+3;;;/p-3. The Hall–Kier alpha value is 2.50. The van der Waals surface area contributed by atoms with Gasteiger partial charge in [-0.05, 0) is 0 Å². The van der Waals surface area contributed by atoms with E-state index in [2.05, 4.69) is 0 Å². The van der Waals surface area contributed by atoms with Crippen LogP contribution in [0.3, 0.4) is 0 Å². The molecule has 0 N–H and O–H groups in total. The molecule has 0 aromatic rings. The molecule has 0 bridgehead atoms. The van der Waals surface area contributed by atoms with Crippen molar-refractivity contribution in [3.8, 4) is 0 Å². The molecule has 0 unspecified atom stereocenters. The average molecular weight is 322 g/mol. The van der Waals surface area contributed by atoms with Gasteiger partial charge in [0.2, 0.25) is 0 Å². The molecule has 0 aromatic carbocycles. The van der Waals surface area contributed by atoms with E-state index in [4.69, 9.17) is 0 Å². The van der Waals surface area contributed by atoms with Crippen LogP contribution in [0.25, 0.3) is 0 Å². The van der Waals surface area contributed by atoms with Crippen molar-refractivity contribution in [2.45, 2.75) is 0 Å². The van der Waals surface area contributed by atoms with Gasteiger partial charge in [0.05, 0.1) is 0 Å². The van der Waals surface area contributed by atoms with Gasteiger partial charge in [-0.3, -0.25) is 0 Å². The van der Waals surface area contributed by atoms with E-state index in [0.29, 0.717) is 0 Å². The molecule has 40 valence electrons. The Labute approximate surface area is 81.1 Å². The first-order valence-electron chi connectivity index (χ1n) is 0.293. The van der Waals surface area contributed by atoms with E-state index in [-0.39, 0.29) is 45.5 Å². The topological polar surface area (TPSA) is 0 Å². The zero-order chi connectivity index (χ0) is 3.58. The number of hydrogen-bond acceptors (Lipinski definition) is 0. The second-order valence-corrected chi connectivity index (χ2v) is 0.821. The van der Waals surface area contributed by atoms with E-state index in [1.807, 2.05) is 0 Å². The molecule has 0 nitrogen and oxygen atoms in total. The van der Waals surface area contributed by atoms with Crippen LogP contribution in [0.4, 0.5) is 4.39 Å². The van der Waals surface area contributed by atoms with Gasteiger partial charge in [0.25, 0.3) is 0 Å². The molecule has 0 aromatic heterocycles. The molecule has 0 rings (SSSR count). The second-order valence-electron chi connectivity index (χ2n) is 0.111. The fourth-order valence-corrected chi connectivity index (χ4v) is 0. The van der Waals surface area contributed by atoms with E-state index in [1.54, 1.807) is 0 Å². The zero-order valence-electron chi connectivity index (χ0n) is 1.39. The Balaban J connectivity index is 0. The van der Waals surface area contributed by atoms with Gasteiger partial charge < -0.3 is 0 Å². The molecule has 5 heteroatoms. The maximum atomic E-state index is 9.78. The van der Waals surface area contributed by atoms with Gasteiger partial charge in [-0.25, -0.2) is 0 Å². The molecule has 0 aliphatic rings. The third kappa shape index (κ3) is 21.0. The summed E-state index contributed by atoms with van der Waals surface area (Å²) in [5.41, 5.74) is 0. The monoisotopic (exact) mass is 322 g/mol. The van der Waals surface area contributed by atoms with Crippen LogP contribution in [0.5, 0.6) is 0 Å². The summed E-state index contributed by atoms with van der Waals surface area (Å²) < 4.78 is 29.3. The molecule has 5 heavy (non-hydrogen) atoms. The summed E-state index contributed by atoms with van der Waals surface area (Å²) in [6.45, 7) is 0. The van der Waals surface area contributed by atoms with Crippen LogP contribution in [-0.4, -0.2) is 45.5 Å². The minimum atomic E-state index is -4.44. The van der Waals surface area contributed by atoms with E-state index in [1.165, 1.54) is 0 Å². The quantitative estimate of drug-likeness (QED) is 0.565. The predicted octanol–water partition coefficient (Wildman–Crippen LogP) is 0.344. The van der Waals surface area contributed by atoms with Crippen LogP contribution < -0.4 is 0 Å². The molecule has 0 radical (unpaired) electrons. The van der Waals surface area contributed by atoms with Gasteiger partial charge in [-0.15, -0.1) is 0 Å². The fourth-order valence-electron chi connectivity index (χ4n) is 0. The Kier molecular flexibility index (Phi) is 13.6. The normalized spacial score (nSPS) is 9.00. The Morgan fingerprint density at radius 2 is 1.00 bits per heavy atom. The van der Waals surface area contributed by atoms with Crippen molar-refractivity contribution in [3.05, 3.63) is 0 Å². The first-order chi connectivity index (χ1) is 1.73. The van der Waals surface area contributed by atoms with E-state index < -0.39 is 33.4 Å². The first-order valence-corrected chi connectivity index (χ1v) is 2.17. The van der Waals surface area contributed by atoms with Gasteiger partial charge in [-0.2, -0.15) is 0 Å². The molecule has 0 amide bonds. The molecular weight excluding hydrogens is 320 g/mol. The summed E-state index contributed by atoms with van der Waals surface area (Å²) in [4.78, 5) is 0. The summed E-state index contributed by atoms with van der Waals surface area (Å²) >= 11 is -4.44. The third-order valence-electron chi connectivity index (χ3n) is 0. The SMILES string of the molecule is [F][Lu]([F])[F].[SrH2]. The minimum absolute atomic E-state index is 0. The van der Waals surface area contributed by atoms with Crippen LogP contribution in [0.2, 0.25) is 0 Å². The van der Waals surface area contributed by atoms with E-state index in [9.17, 15) is 4.39 Å².